The molecule has 3 heterocycles. The van der Waals surface area contributed by atoms with Gasteiger partial charge in [-0.25, -0.2) is 4.98 Å². The van der Waals surface area contributed by atoms with Gasteiger partial charge in [0.25, 0.3) is 5.91 Å². The summed E-state index contributed by atoms with van der Waals surface area (Å²) in [6.07, 6.45) is 6.94. The number of methoxy groups -OCH3 is 1. The second-order valence-corrected chi connectivity index (χ2v) is 9.57. The van der Waals surface area contributed by atoms with E-state index >= 15 is 0 Å². The minimum atomic E-state index is -0.0599. The van der Waals surface area contributed by atoms with Crippen molar-refractivity contribution in [2.75, 3.05) is 58.0 Å². The Bertz CT molecular complexity index is 1000. The zero-order valence-corrected chi connectivity index (χ0v) is 21.6. The van der Waals surface area contributed by atoms with Crippen LogP contribution in [0.15, 0.2) is 36.7 Å². The molecule has 0 N–H and O–H groups in total. The number of imidazole rings is 1. The lowest BCUT2D eigenvalue weighted by atomic mass is 10.1. The van der Waals surface area contributed by atoms with Gasteiger partial charge in [-0.05, 0) is 37.8 Å². The van der Waals surface area contributed by atoms with Gasteiger partial charge in [0, 0.05) is 90.1 Å². The van der Waals surface area contributed by atoms with E-state index in [-0.39, 0.29) is 18.4 Å². The van der Waals surface area contributed by atoms with E-state index in [1.165, 1.54) is 0 Å². The van der Waals surface area contributed by atoms with Gasteiger partial charge < -0.3 is 23.8 Å². The summed E-state index contributed by atoms with van der Waals surface area (Å²) in [7, 11) is 1.55. The average molecular weight is 498 g/mol. The van der Waals surface area contributed by atoms with Crippen molar-refractivity contribution in [3.63, 3.8) is 0 Å². The highest BCUT2D eigenvalue weighted by molar-refractivity contribution is 5.95. The number of hydrogen-bond donors (Lipinski definition) is 0. The zero-order valence-electron chi connectivity index (χ0n) is 21.6. The van der Waals surface area contributed by atoms with Crippen molar-refractivity contribution in [3.8, 4) is 0 Å². The molecule has 9 nitrogen and oxygen atoms in total. The summed E-state index contributed by atoms with van der Waals surface area (Å²) in [5.74, 6) is 0.956. The van der Waals surface area contributed by atoms with Gasteiger partial charge in [-0.1, -0.05) is 18.2 Å². The maximum Gasteiger partial charge on any atom is 0.252 e. The summed E-state index contributed by atoms with van der Waals surface area (Å²) >= 11 is 0. The monoisotopic (exact) mass is 497 g/mol. The number of fused-ring (bicyclic) bond motifs is 1. The van der Waals surface area contributed by atoms with Gasteiger partial charge in [-0.3, -0.25) is 14.5 Å². The summed E-state index contributed by atoms with van der Waals surface area (Å²) in [6, 6.07) is 8.37. The third-order valence-corrected chi connectivity index (χ3v) is 7.25. The fourth-order valence-corrected chi connectivity index (χ4v) is 5.21. The molecule has 0 aliphatic carbocycles. The number of carbonyl (C=O) groups is 2. The number of benzene rings is 1. The second kappa shape index (κ2) is 13.0. The van der Waals surface area contributed by atoms with Gasteiger partial charge >= 0.3 is 0 Å². The summed E-state index contributed by atoms with van der Waals surface area (Å²) in [5.41, 5.74) is 1.84. The van der Waals surface area contributed by atoms with E-state index in [0.717, 1.165) is 62.6 Å². The molecule has 1 aromatic carbocycles. The van der Waals surface area contributed by atoms with Gasteiger partial charge in [-0.2, -0.15) is 0 Å². The normalized spacial score (nSPS) is 18.5. The molecule has 196 valence electrons. The number of carbonyl (C=O) groups excluding carboxylic acids is 2. The summed E-state index contributed by atoms with van der Waals surface area (Å²) in [5, 5.41) is 0. The number of ether oxygens (including phenoxy) is 2. The van der Waals surface area contributed by atoms with Crippen LogP contribution in [0.5, 0.6) is 0 Å². The Morgan fingerprint density at radius 2 is 1.89 bits per heavy atom. The lowest BCUT2D eigenvalue weighted by Gasteiger charge is -2.36. The lowest BCUT2D eigenvalue weighted by molar-refractivity contribution is -0.132. The average Bonchev–Trinajstić information content (AvgIpc) is 3.29. The van der Waals surface area contributed by atoms with Crippen LogP contribution in [0.25, 0.3) is 0 Å². The summed E-state index contributed by atoms with van der Waals surface area (Å²) in [6.45, 7) is 7.56. The number of rotatable bonds is 6. The number of anilines is 1. The fourth-order valence-electron chi connectivity index (χ4n) is 5.21. The first-order chi connectivity index (χ1) is 17.6. The maximum atomic E-state index is 13.5. The van der Waals surface area contributed by atoms with Crippen molar-refractivity contribution in [2.24, 2.45) is 0 Å². The molecule has 1 saturated heterocycles. The van der Waals surface area contributed by atoms with Crippen molar-refractivity contribution >= 4 is 17.5 Å². The molecule has 2 aromatic rings. The molecular weight excluding hydrogens is 458 g/mol. The SMILES string of the molecule is COCC(=O)N1CCCN(C2CCOCC2)CCN(C(=O)CCn2ccnc2C)Cc2ccccc21. The smallest absolute Gasteiger partial charge is 0.252 e. The largest absolute Gasteiger partial charge is 0.381 e. The molecule has 2 aliphatic heterocycles. The number of aromatic nitrogens is 2. The molecule has 2 aliphatic rings. The molecule has 0 unspecified atom stereocenters. The minimum Gasteiger partial charge on any atom is -0.381 e. The Labute approximate surface area is 214 Å². The van der Waals surface area contributed by atoms with Crippen LogP contribution in [0.4, 0.5) is 5.69 Å². The van der Waals surface area contributed by atoms with Crippen LogP contribution in [-0.2, 0) is 32.2 Å². The molecule has 0 atom stereocenters. The molecular formula is C27H39N5O4. The minimum absolute atomic E-state index is 0.0327. The number of hydrogen-bond acceptors (Lipinski definition) is 6. The van der Waals surface area contributed by atoms with E-state index in [9.17, 15) is 9.59 Å². The van der Waals surface area contributed by atoms with Crippen LogP contribution < -0.4 is 4.90 Å². The first kappa shape index (κ1) is 26.3. The van der Waals surface area contributed by atoms with Crippen LogP contribution in [0.1, 0.15) is 37.1 Å². The summed E-state index contributed by atoms with van der Waals surface area (Å²) in [4.78, 5) is 37.1. The van der Waals surface area contributed by atoms with Crippen molar-refractivity contribution in [1.29, 1.82) is 0 Å². The van der Waals surface area contributed by atoms with Crippen LogP contribution in [0.2, 0.25) is 0 Å². The van der Waals surface area contributed by atoms with Gasteiger partial charge in [0.1, 0.15) is 12.4 Å². The van der Waals surface area contributed by atoms with E-state index < -0.39 is 0 Å². The molecule has 4 rings (SSSR count). The lowest BCUT2D eigenvalue weighted by Crippen LogP contribution is -2.45. The van der Waals surface area contributed by atoms with E-state index in [0.29, 0.717) is 38.6 Å². The van der Waals surface area contributed by atoms with E-state index in [1.807, 2.05) is 51.8 Å². The number of aryl methyl sites for hydroxylation is 2. The molecule has 1 aromatic heterocycles. The zero-order chi connectivity index (χ0) is 25.3. The van der Waals surface area contributed by atoms with Gasteiger partial charge in [0.2, 0.25) is 5.91 Å². The molecule has 0 spiro atoms. The van der Waals surface area contributed by atoms with E-state index in [4.69, 9.17) is 9.47 Å². The predicted octanol–water partition coefficient (Wildman–Crippen LogP) is 2.47. The van der Waals surface area contributed by atoms with Gasteiger partial charge in [0.15, 0.2) is 0 Å². The predicted molar refractivity (Wildman–Crippen MR) is 138 cm³/mol. The summed E-state index contributed by atoms with van der Waals surface area (Å²) < 4.78 is 12.8. The molecule has 0 radical (unpaired) electrons. The number of amides is 2. The van der Waals surface area contributed by atoms with Crippen LogP contribution in [0.3, 0.4) is 0 Å². The van der Waals surface area contributed by atoms with Crippen molar-refractivity contribution in [3.05, 3.63) is 48.0 Å². The van der Waals surface area contributed by atoms with Crippen LogP contribution in [-0.4, -0.2) is 90.3 Å². The Balaban J connectivity index is 1.59. The Morgan fingerprint density at radius 3 is 2.64 bits per heavy atom. The highest BCUT2D eigenvalue weighted by Crippen LogP contribution is 2.25. The first-order valence-electron chi connectivity index (χ1n) is 13.0. The third kappa shape index (κ3) is 6.72. The van der Waals surface area contributed by atoms with E-state index in [2.05, 4.69) is 9.88 Å². The standard InChI is InChI=1S/C27H39N5O4/c1-22-28-11-15-29(22)14-8-26(33)31-17-16-30(24-9-18-36-19-10-24)12-5-13-32(27(34)21-35-2)25-7-4-3-6-23(25)20-31/h3-4,6-7,11,15,24H,5,8-10,12-14,16-21H2,1-2H3. The maximum absolute atomic E-state index is 13.5. The topological polar surface area (TPSA) is 80.1 Å². The molecule has 36 heavy (non-hydrogen) atoms. The highest BCUT2D eigenvalue weighted by Gasteiger charge is 2.26. The number of nitrogens with zero attached hydrogens (tertiary/aromatic N) is 5. The second-order valence-electron chi connectivity index (χ2n) is 9.57. The fraction of sp³-hybridized carbons (Fsp3) is 0.593. The van der Waals surface area contributed by atoms with Crippen molar-refractivity contribution < 1.29 is 19.1 Å². The quantitative estimate of drug-likeness (QED) is 0.610. The molecule has 2 amide bonds. The molecule has 0 bridgehead atoms. The van der Waals surface area contributed by atoms with Gasteiger partial charge in [-0.15, -0.1) is 0 Å². The molecule has 9 heteroatoms. The Morgan fingerprint density at radius 1 is 1.08 bits per heavy atom. The Hall–Kier alpha value is -2.75. The van der Waals surface area contributed by atoms with Crippen LogP contribution in [0, 0.1) is 6.92 Å². The van der Waals surface area contributed by atoms with Crippen LogP contribution >= 0.6 is 0 Å². The Kier molecular flexibility index (Phi) is 9.49. The van der Waals surface area contributed by atoms with Gasteiger partial charge in [0.05, 0.1) is 0 Å². The third-order valence-electron chi connectivity index (χ3n) is 7.25. The van der Waals surface area contributed by atoms with E-state index in [1.54, 1.807) is 13.3 Å². The van der Waals surface area contributed by atoms with Crippen molar-refractivity contribution in [1.82, 2.24) is 19.4 Å². The first-order valence-corrected chi connectivity index (χ1v) is 13.0. The molecule has 1 fully saturated rings. The van der Waals surface area contributed by atoms with Crippen molar-refractivity contribution in [2.45, 2.75) is 51.7 Å². The molecule has 0 saturated carbocycles. The number of para-hydroxylation sites is 1. The highest BCUT2D eigenvalue weighted by atomic mass is 16.5.